The second-order valence-electron chi connectivity index (χ2n) is 6.39. The fourth-order valence-electron chi connectivity index (χ4n) is 3.12. The summed E-state index contributed by atoms with van der Waals surface area (Å²) in [7, 11) is -3.47. The molecule has 0 spiro atoms. The first-order chi connectivity index (χ1) is 13.0. The molecule has 140 valence electrons. The summed E-state index contributed by atoms with van der Waals surface area (Å²) in [6, 6.07) is 10.7. The third-order valence-electron chi connectivity index (χ3n) is 4.57. The molecular formula is C18H20N6O2S. The molecule has 9 heteroatoms. The largest absolute Gasteiger partial charge is 0.354 e. The predicted molar refractivity (Wildman–Crippen MR) is 101 cm³/mol. The summed E-state index contributed by atoms with van der Waals surface area (Å²) in [5, 5.41) is 4.18. The molecular weight excluding hydrogens is 364 g/mol. The maximum atomic E-state index is 12.9. The van der Waals surface area contributed by atoms with Gasteiger partial charge in [0.05, 0.1) is 4.90 Å². The van der Waals surface area contributed by atoms with Crippen LogP contribution in [0.25, 0.3) is 5.82 Å². The van der Waals surface area contributed by atoms with Crippen molar-refractivity contribution >= 4 is 15.8 Å². The molecule has 1 aliphatic rings. The Kier molecular flexibility index (Phi) is 4.63. The summed E-state index contributed by atoms with van der Waals surface area (Å²) in [6.45, 7) is 3.86. The second-order valence-corrected chi connectivity index (χ2v) is 8.33. The Morgan fingerprint density at radius 2 is 1.74 bits per heavy atom. The lowest BCUT2D eigenvalue weighted by molar-refractivity contribution is 0.383. The number of sulfonamides is 1. The van der Waals surface area contributed by atoms with E-state index in [2.05, 4.69) is 20.0 Å². The van der Waals surface area contributed by atoms with E-state index in [9.17, 15) is 8.42 Å². The molecule has 1 aliphatic heterocycles. The van der Waals surface area contributed by atoms with Crippen LogP contribution in [0.3, 0.4) is 0 Å². The van der Waals surface area contributed by atoms with E-state index < -0.39 is 10.0 Å². The van der Waals surface area contributed by atoms with E-state index in [1.165, 1.54) is 10.6 Å². The molecule has 1 fully saturated rings. The third kappa shape index (κ3) is 3.56. The van der Waals surface area contributed by atoms with Crippen LogP contribution in [-0.2, 0) is 10.0 Å². The highest BCUT2D eigenvalue weighted by molar-refractivity contribution is 7.89. The Morgan fingerprint density at radius 1 is 0.963 bits per heavy atom. The Morgan fingerprint density at radius 3 is 2.44 bits per heavy atom. The summed E-state index contributed by atoms with van der Waals surface area (Å²) >= 11 is 0. The van der Waals surface area contributed by atoms with Gasteiger partial charge >= 0.3 is 0 Å². The molecule has 0 atom stereocenters. The van der Waals surface area contributed by atoms with Gasteiger partial charge < -0.3 is 4.90 Å². The molecule has 27 heavy (non-hydrogen) atoms. The molecule has 1 aromatic carbocycles. The van der Waals surface area contributed by atoms with Crippen LogP contribution in [0.2, 0.25) is 0 Å². The van der Waals surface area contributed by atoms with Crippen molar-refractivity contribution in [2.75, 3.05) is 31.1 Å². The molecule has 3 aromatic rings. The monoisotopic (exact) mass is 384 g/mol. The fourth-order valence-corrected chi connectivity index (χ4v) is 4.65. The number of rotatable bonds is 4. The van der Waals surface area contributed by atoms with Gasteiger partial charge in [-0.15, -0.1) is 0 Å². The van der Waals surface area contributed by atoms with Gasteiger partial charge in [-0.2, -0.15) is 9.40 Å². The van der Waals surface area contributed by atoms with Crippen LogP contribution in [0.15, 0.2) is 60.0 Å². The molecule has 4 rings (SSSR count). The van der Waals surface area contributed by atoms with E-state index in [4.69, 9.17) is 0 Å². The number of piperazine rings is 1. The van der Waals surface area contributed by atoms with Crippen LogP contribution in [0.1, 0.15) is 5.56 Å². The van der Waals surface area contributed by atoms with Crippen molar-refractivity contribution in [1.29, 1.82) is 0 Å². The van der Waals surface area contributed by atoms with Gasteiger partial charge in [-0.1, -0.05) is 12.1 Å². The lowest BCUT2D eigenvalue weighted by Crippen LogP contribution is -2.49. The highest BCUT2D eigenvalue weighted by Crippen LogP contribution is 2.21. The average molecular weight is 384 g/mol. The van der Waals surface area contributed by atoms with Gasteiger partial charge in [-0.25, -0.2) is 23.1 Å². The minimum absolute atomic E-state index is 0.346. The first-order valence-electron chi connectivity index (χ1n) is 8.68. The van der Waals surface area contributed by atoms with Crippen LogP contribution >= 0.6 is 0 Å². The quantitative estimate of drug-likeness (QED) is 0.677. The van der Waals surface area contributed by atoms with Gasteiger partial charge in [-0.3, -0.25) is 0 Å². The fraction of sp³-hybridized carbons (Fsp3) is 0.278. The summed E-state index contributed by atoms with van der Waals surface area (Å²) in [5.41, 5.74) is 0.932. The minimum Gasteiger partial charge on any atom is -0.354 e. The summed E-state index contributed by atoms with van der Waals surface area (Å²) in [5.74, 6) is 1.45. The number of aryl methyl sites for hydroxylation is 1. The summed E-state index contributed by atoms with van der Waals surface area (Å²) < 4.78 is 28.9. The van der Waals surface area contributed by atoms with Crippen LogP contribution in [0.4, 0.5) is 5.82 Å². The van der Waals surface area contributed by atoms with Gasteiger partial charge in [0.25, 0.3) is 0 Å². The molecule has 0 bridgehead atoms. The molecule has 8 nitrogen and oxygen atoms in total. The number of hydrogen-bond donors (Lipinski definition) is 0. The third-order valence-corrected chi connectivity index (χ3v) is 6.46. The smallest absolute Gasteiger partial charge is 0.243 e. The average Bonchev–Trinajstić information content (AvgIpc) is 3.23. The maximum absolute atomic E-state index is 12.9. The highest BCUT2D eigenvalue weighted by Gasteiger charge is 2.29. The number of benzene rings is 1. The van der Waals surface area contributed by atoms with Crippen molar-refractivity contribution in [2.45, 2.75) is 11.8 Å². The second kappa shape index (κ2) is 7.09. The molecule has 0 N–H and O–H groups in total. The zero-order valence-corrected chi connectivity index (χ0v) is 15.7. The number of nitrogens with zero attached hydrogens (tertiary/aromatic N) is 6. The first-order valence-corrected chi connectivity index (χ1v) is 10.1. The van der Waals surface area contributed by atoms with Crippen molar-refractivity contribution in [3.05, 3.63) is 60.7 Å². The van der Waals surface area contributed by atoms with E-state index in [0.717, 1.165) is 11.4 Å². The molecule has 0 radical (unpaired) electrons. The molecule has 2 aromatic heterocycles. The maximum Gasteiger partial charge on any atom is 0.243 e. The Balaban J connectivity index is 1.49. The Hall–Kier alpha value is -2.78. The van der Waals surface area contributed by atoms with Crippen molar-refractivity contribution in [1.82, 2.24) is 24.1 Å². The van der Waals surface area contributed by atoms with Crippen molar-refractivity contribution < 1.29 is 8.42 Å². The minimum atomic E-state index is -3.47. The van der Waals surface area contributed by atoms with Gasteiger partial charge in [0, 0.05) is 44.6 Å². The molecule has 3 heterocycles. The van der Waals surface area contributed by atoms with Crippen molar-refractivity contribution in [3.8, 4) is 5.82 Å². The van der Waals surface area contributed by atoms with Crippen LogP contribution in [-0.4, -0.2) is 58.7 Å². The lowest BCUT2D eigenvalue weighted by Gasteiger charge is -2.34. The number of aromatic nitrogens is 4. The number of anilines is 1. The van der Waals surface area contributed by atoms with Crippen LogP contribution < -0.4 is 4.90 Å². The Labute approximate surface area is 158 Å². The normalized spacial score (nSPS) is 15.8. The zero-order valence-electron chi connectivity index (χ0n) is 14.9. The van der Waals surface area contributed by atoms with E-state index in [-0.39, 0.29) is 0 Å². The first kappa shape index (κ1) is 17.6. The van der Waals surface area contributed by atoms with Crippen molar-refractivity contribution in [3.63, 3.8) is 0 Å². The molecule has 0 amide bonds. The van der Waals surface area contributed by atoms with Gasteiger partial charge in [0.15, 0.2) is 5.82 Å². The molecule has 0 aliphatic carbocycles. The van der Waals surface area contributed by atoms with Crippen LogP contribution in [0, 0.1) is 6.92 Å². The standard InChI is InChI=1S/C18H20N6O2S/c1-15-4-2-5-16(12-15)27(25,26)23-10-8-22(9-11-23)17-13-18(20-14-19-17)24-7-3-6-21-24/h2-7,12-14H,8-11H2,1H3. The van der Waals surface area contributed by atoms with E-state index in [1.54, 1.807) is 29.1 Å². The molecule has 0 saturated carbocycles. The van der Waals surface area contributed by atoms with Crippen LogP contribution in [0.5, 0.6) is 0 Å². The topological polar surface area (TPSA) is 84.2 Å². The highest BCUT2D eigenvalue weighted by atomic mass is 32.2. The summed E-state index contributed by atoms with van der Waals surface area (Å²) in [4.78, 5) is 11.0. The molecule has 0 unspecified atom stereocenters. The summed E-state index contributed by atoms with van der Waals surface area (Å²) in [6.07, 6.45) is 5.01. The lowest BCUT2D eigenvalue weighted by atomic mass is 10.2. The van der Waals surface area contributed by atoms with E-state index in [1.807, 2.05) is 31.3 Å². The van der Waals surface area contributed by atoms with Gasteiger partial charge in [-0.05, 0) is 30.7 Å². The zero-order chi connectivity index (χ0) is 18.9. The van der Waals surface area contributed by atoms with Gasteiger partial charge in [0.2, 0.25) is 10.0 Å². The van der Waals surface area contributed by atoms with Crippen molar-refractivity contribution in [2.24, 2.45) is 0 Å². The molecule has 1 saturated heterocycles. The predicted octanol–water partition coefficient (Wildman–Crippen LogP) is 1.48. The number of hydrogen-bond acceptors (Lipinski definition) is 6. The Bertz CT molecular complexity index is 1030. The SMILES string of the molecule is Cc1cccc(S(=O)(=O)N2CCN(c3cc(-n4cccn4)ncn3)CC2)c1. The van der Waals surface area contributed by atoms with Gasteiger partial charge in [0.1, 0.15) is 12.1 Å². The van der Waals surface area contributed by atoms with E-state index in [0.29, 0.717) is 36.9 Å². The van der Waals surface area contributed by atoms with E-state index >= 15 is 0 Å².